The van der Waals surface area contributed by atoms with Gasteiger partial charge in [0.25, 0.3) is 0 Å². The van der Waals surface area contributed by atoms with Crippen molar-refractivity contribution >= 4 is 0 Å². The third kappa shape index (κ3) is 1.51. The van der Waals surface area contributed by atoms with Crippen LogP contribution in [0.2, 0.25) is 0 Å². The van der Waals surface area contributed by atoms with E-state index in [1.54, 1.807) is 19.3 Å². The molecule has 1 rings (SSSR count). The molecular formula is C7H10N2O. The average Bonchev–Trinajstić information content (AvgIpc) is 1.88. The summed E-state index contributed by atoms with van der Waals surface area (Å²) in [5.41, 5.74) is 0.755. The Hall–Kier alpha value is -0.960. The van der Waals surface area contributed by atoms with Crippen molar-refractivity contribution in [2.45, 2.75) is 20.0 Å². The van der Waals surface area contributed by atoms with Crippen LogP contribution in [0.25, 0.3) is 0 Å². The number of hydrogen-bond donors (Lipinski definition) is 1. The largest absolute Gasteiger partial charge is 0.389 e. The Kier molecular flexibility index (Phi) is 1.97. The Morgan fingerprint density at radius 3 is 2.30 bits per heavy atom. The van der Waals surface area contributed by atoms with Crippen LogP contribution < -0.4 is 0 Å². The molecule has 1 atom stereocenters. The summed E-state index contributed by atoms with van der Waals surface area (Å²) in [5, 5.41) is 9.03. The summed E-state index contributed by atoms with van der Waals surface area (Å²) in [6.45, 7) is 3.50. The second kappa shape index (κ2) is 2.75. The van der Waals surface area contributed by atoms with Crippen molar-refractivity contribution in [3.8, 4) is 0 Å². The molecule has 3 nitrogen and oxygen atoms in total. The third-order valence-electron chi connectivity index (χ3n) is 1.28. The summed E-state index contributed by atoms with van der Waals surface area (Å²) in [5.74, 6) is 0.726. The van der Waals surface area contributed by atoms with Crippen LogP contribution in [0.15, 0.2) is 12.4 Å². The monoisotopic (exact) mass is 138 g/mol. The highest BCUT2D eigenvalue weighted by Gasteiger charge is 1.99. The first-order chi connectivity index (χ1) is 4.70. The molecule has 3 heteroatoms. The van der Waals surface area contributed by atoms with Crippen LogP contribution in [0.3, 0.4) is 0 Å². The second-order valence-electron chi connectivity index (χ2n) is 2.24. The maximum Gasteiger partial charge on any atom is 0.125 e. The molecule has 0 radical (unpaired) electrons. The minimum atomic E-state index is -0.472. The lowest BCUT2D eigenvalue weighted by molar-refractivity contribution is 0.198. The maximum atomic E-state index is 9.03. The number of aryl methyl sites for hydroxylation is 1. The molecule has 0 amide bonds. The van der Waals surface area contributed by atoms with E-state index in [-0.39, 0.29) is 0 Å². The number of aliphatic hydroxyl groups excluding tert-OH is 1. The van der Waals surface area contributed by atoms with Gasteiger partial charge in [0.1, 0.15) is 5.82 Å². The highest BCUT2D eigenvalue weighted by atomic mass is 16.3. The van der Waals surface area contributed by atoms with Gasteiger partial charge in [0.05, 0.1) is 6.10 Å². The molecular weight excluding hydrogens is 128 g/mol. The number of aromatic nitrogens is 2. The lowest BCUT2D eigenvalue weighted by Gasteiger charge is -2.01. The van der Waals surface area contributed by atoms with Gasteiger partial charge in [-0.2, -0.15) is 0 Å². The minimum Gasteiger partial charge on any atom is -0.389 e. The molecule has 0 aliphatic rings. The smallest absolute Gasteiger partial charge is 0.125 e. The van der Waals surface area contributed by atoms with Gasteiger partial charge in [-0.1, -0.05) is 0 Å². The standard InChI is InChI=1S/C7H10N2O/c1-5(10)7-3-8-6(2)9-4-7/h3-5,10H,1-2H3. The Bertz CT molecular complexity index is 205. The van der Waals surface area contributed by atoms with Gasteiger partial charge in [0.15, 0.2) is 0 Å². The second-order valence-corrected chi connectivity index (χ2v) is 2.24. The van der Waals surface area contributed by atoms with Crippen molar-refractivity contribution in [3.05, 3.63) is 23.8 Å². The molecule has 1 unspecified atom stereocenters. The molecule has 1 heterocycles. The molecule has 0 aromatic carbocycles. The molecule has 0 aliphatic carbocycles. The summed E-state index contributed by atoms with van der Waals surface area (Å²) >= 11 is 0. The fraction of sp³-hybridized carbons (Fsp3) is 0.429. The van der Waals surface area contributed by atoms with Crippen molar-refractivity contribution in [3.63, 3.8) is 0 Å². The van der Waals surface area contributed by atoms with Crippen LogP contribution in [0.5, 0.6) is 0 Å². The molecule has 0 saturated heterocycles. The number of aliphatic hydroxyl groups is 1. The molecule has 0 spiro atoms. The van der Waals surface area contributed by atoms with E-state index >= 15 is 0 Å². The first-order valence-electron chi connectivity index (χ1n) is 3.17. The Labute approximate surface area is 59.8 Å². The Morgan fingerprint density at radius 2 is 1.90 bits per heavy atom. The van der Waals surface area contributed by atoms with E-state index in [0.717, 1.165) is 11.4 Å². The van der Waals surface area contributed by atoms with E-state index in [2.05, 4.69) is 9.97 Å². The molecule has 0 aliphatic heterocycles. The van der Waals surface area contributed by atoms with Gasteiger partial charge in [0, 0.05) is 18.0 Å². The molecule has 0 saturated carbocycles. The summed E-state index contributed by atoms with van der Waals surface area (Å²) in [6, 6.07) is 0. The molecule has 1 aromatic heterocycles. The van der Waals surface area contributed by atoms with Gasteiger partial charge in [-0.05, 0) is 13.8 Å². The summed E-state index contributed by atoms with van der Waals surface area (Å²) in [4.78, 5) is 7.86. The van der Waals surface area contributed by atoms with Crippen molar-refractivity contribution < 1.29 is 5.11 Å². The Morgan fingerprint density at radius 1 is 1.40 bits per heavy atom. The van der Waals surface area contributed by atoms with Crippen molar-refractivity contribution in [1.29, 1.82) is 0 Å². The number of hydrogen-bond acceptors (Lipinski definition) is 3. The van der Waals surface area contributed by atoms with E-state index in [4.69, 9.17) is 5.11 Å². The van der Waals surface area contributed by atoms with Gasteiger partial charge in [-0.15, -0.1) is 0 Å². The lowest BCUT2D eigenvalue weighted by atomic mass is 10.2. The fourth-order valence-electron chi connectivity index (χ4n) is 0.618. The van der Waals surface area contributed by atoms with Gasteiger partial charge in [0.2, 0.25) is 0 Å². The molecule has 1 N–H and O–H groups in total. The summed E-state index contributed by atoms with van der Waals surface area (Å²) < 4.78 is 0. The average molecular weight is 138 g/mol. The van der Waals surface area contributed by atoms with E-state index in [0.29, 0.717) is 0 Å². The van der Waals surface area contributed by atoms with Crippen LogP contribution in [-0.2, 0) is 0 Å². The Balaban J connectivity index is 2.89. The molecule has 1 aromatic rings. The fourth-order valence-corrected chi connectivity index (χ4v) is 0.618. The van der Waals surface area contributed by atoms with Gasteiger partial charge >= 0.3 is 0 Å². The van der Waals surface area contributed by atoms with E-state index in [9.17, 15) is 0 Å². The maximum absolute atomic E-state index is 9.03. The minimum absolute atomic E-state index is 0.472. The van der Waals surface area contributed by atoms with Crippen molar-refractivity contribution in [2.75, 3.05) is 0 Å². The summed E-state index contributed by atoms with van der Waals surface area (Å²) in [7, 11) is 0. The topological polar surface area (TPSA) is 46.0 Å². The lowest BCUT2D eigenvalue weighted by Crippen LogP contribution is -1.94. The predicted octanol–water partition coefficient (Wildman–Crippen LogP) is 0.838. The number of nitrogens with zero attached hydrogens (tertiary/aromatic N) is 2. The third-order valence-corrected chi connectivity index (χ3v) is 1.28. The zero-order valence-electron chi connectivity index (χ0n) is 6.07. The van der Waals surface area contributed by atoms with E-state index in [1.165, 1.54) is 0 Å². The highest BCUT2D eigenvalue weighted by Crippen LogP contribution is 2.07. The first kappa shape index (κ1) is 7.15. The predicted molar refractivity (Wildman–Crippen MR) is 37.4 cm³/mol. The van der Waals surface area contributed by atoms with Gasteiger partial charge < -0.3 is 5.11 Å². The summed E-state index contributed by atoms with van der Waals surface area (Å²) in [6.07, 6.45) is 2.79. The highest BCUT2D eigenvalue weighted by molar-refractivity contribution is 5.06. The molecule has 10 heavy (non-hydrogen) atoms. The SMILES string of the molecule is Cc1ncc(C(C)O)cn1. The van der Waals surface area contributed by atoms with Crippen molar-refractivity contribution in [1.82, 2.24) is 9.97 Å². The van der Waals surface area contributed by atoms with Crippen LogP contribution in [0.1, 0.15) is 24.4 Å². The normalized spacial score (nSPS) is 13.1. The number of rotatable bonds is 1. The van der Waals surface area contributed by atoms with E-state index in [1.807, 2.05) is 6.92 Å². The van der Waals surface area contributed by atoms with Crippen LogP contribution in [0.4, 0.5) is 0 Å². The van der Waals surface area contributed by atoms with Gasteiger partial charge in [-0.25, -0.2) is 9.97 Å². The van der Waals surface area contributed by atoms with E-state index < -0.39 is 6.10 Å². The first-order valence-corrected chi connectivity index (χ1v) is 3.17. The van der Waals surface area contributed by atoms with Crippen LogP contribution >= 0.6 is 0 Å². The van der Waals surface area contributed by atoms with Crippen LogP contribution in [-0.4, -0.2) is 15.1 Å². The molecule has 54 valence electrons. The van der Waals surface area contributed by atoms with Crippen LogP contribution in [0, 0.1) is 6.92 Å². The van der Waals surface area contributed by atoms with Gasteiger partial charge in [-0.3, -0.25) is 0 Å². The molecule has 0 fully saturated rings. The quantitative estimate of drug-likeness (QED) is 0.625. The zero-order chi connectivity index (χ0) is 7.56. The molecule has 0 bridgehead atoms. The zero-order valence-corrected chi connectivity index (χ0v) is 6.07. The van der Waals surface area contributed by atoms with Crippen molar-refractivity contribution in [2.24, 2.45) is 0 Å².